The number of fused-ring (bicyclic) bond motifs is 2. The molecule has 1 aromatic rings. The molecule has 1 heterocycles. The van der Waals surface area contributed by atoms with Crippen molar-refractivity contribution in [1.29, 1.82) is 0 Å². The number of carbonyl (C=O) groups excluding carboxylic acids is 1. The number of aliphatic hydroxyl groups is 1. The molecular formula is C21H28NO4S+. The fraction of sp³-hybridized carbons (Fsp3) is 0.429. The van der Waals surface area contributed by atoms with E-state index in [1.807, 2.05) is 47.1 Å². The van der Waals surface area contributed by atoms with E-state index in [-0.39, 0.29) is 12.4 Å². The lowest BCUT2D eigenvalue weighted by Gasteiger charge is -2.29. The van der Waals surface area contributed by atoms with Crippen LogP contribution in [0.2, 0.25) is 0 Å². The van der Waals surface area contributed by atoms with Crippen molar-refractivity contribution in [1.82, 2.24) is 0 Å². The first-order chi connectivity index (χ1) is 12.6. The average molecular weight is 391 g/mol. The van der Waals surface area contributed by atoms with Crippen LogP contribution in [0.4, 0.5) is 0 Å². The third-order valence-corrected chi connectivity index (χ3v) is 6.87. The Labute approximate surface area is 163 Å². The maximum Gasteiger partial charge on any atom is 0.183 e. The SMILES string of the molecule is Cc1c(OCC(O)C[N+](C)(C)C)cc2c(c1C)[SH+]([O-])=C1C=CC=CC1C2=O. The molecular weight excluding hydrogens is 362 g/mol. The van der Waals surface area contributed by atoms with E-state index in [1.165, 1.54) is 0 Å². The summed E-state index contributed by atoms with van der Waals surface area (Å²) in [5.74, 6) is 0.0714. The first-order valence-electron chi connectivity index (χ1n) is 9.09. The highest BCUT2D eigenvalue weighted by Gasteiger charge is 2.36. The van der Waals surface area contributed by atoms with Crippen LogP contribution in [-0.4, -0.2) is 65.2 Å². The van der Waals surface area contributed by atoms with Gasteiger partial charge >= 0.3 is 0 Å². The van der Waals surface area contributed by atoms with Gasteiger partial charge in [-0.3, -0.25) is 4.79 Å². The summed E-state index contributed by atoms with van der Waals surface area (Å²) in [5, 5.41) is 10.2. The smallest absolute Gasteiger partial charge is 0.183 e. The van der Waals surface area contributed by atoms with Crippen LogP contribution in [0.3, 0.4) is 0 Å². The summed E-state index contributed by atoms with van der Waals surface area (Å²) >= 11 is 0. The van der Waals surface area contributed by atoms with Crippen LogP contribution in [0, 0.1) is 19.8 Å². The van der Waals surface area contributed by atoms with Crippen LogP contribution in [0.15, 0.2) is 35.3 Å². The van der Waals surface area contributed by atoms with E-state index < -0.39 is 22.8 Å². The van der Waals surface area contributed by atoms with Gasteiger partial charge in [0.05, 0.1) is 26.7 Å². The Morgan fingerprint density at radius 2 is 1.96 bits per heavy atom. The third-order valence-electron chi connectivity index (χ3n) is 4.99. The van der Waals surface area contributed by atoms with E-state index >= 15 is 0 Å². The maximum atomic E-state index is 13.1. The summed E-state index contributed by atoms with van der Waals surface area (Å²) in [7, 11) is 4.24. The molecule has 0 saturated carbocycles. The number of ketones is 1. The fourth-order valence-corrected chi connectivity index (χ4v) is 5.39. The van der Waals surface area contributed by atoms with Crippen LogP contribution in [0.5, 0.6) is 5.75 Å². The van der Waals surface area contributed by atoms with Gasteiger partial charge in [-0.1, -0.05) is 18.2 Å². The Morgan fingerprint density at radius 1 is 1.26 bits per heavy atom. The number of hydrogen-bond acceptors (Lipinski definition) is 4. The molecule has 0 spiro atoms. The van der Waals surface area contributed by atoms with Gasteiger partial charge in [-0.2, -0.15) is 0 Å². The molecule has 146 valence electrons. The molecule has 5 nitrogen and oxygen atoms in total. The van der Waals surface area contributed by atoms with E-state index in [0.717, 1.165) is 11.1 Å². The number of likely N-dealkylation sites (N-methyl/N-ethyl adjacent to an activating group) is 1. The molecule has 1 aliphatic carbocycles. The number of hydrogen-bond donors (Lipinski definition) is 1. The van der Waals surface area contributed by atoms with Crippen LogP contribution in [0.25, 0.3) is 0 Å². The summed E-state index contributed by atoms with van der Waals surface area (Å²) in [5.41, 5.74) is 2.16. The highest BCUT2D eigenvalue weighted by molar-refractivity contribution is 7.91. The Bertz CT molecular complexity index is 877. The number of rotatable bonds is 5. The monoisotopic (exact) mass is 390 g/mol. The van der Waals surface area contributed by atoms with E-state index in [9.17, 15) is 14.5 Å². The molecule has 1 N–H and O–H groups in total. The van der Waals surface area contributed by atoms with Gasteiger partial charge in [0.15, 0.2) is 5.78 Å². The number of thiol groups is 1. The number of benzene rings is 1. The lowest BCUT2D eigenvalue weighted by molar-refractivity contribution is -0.873. The first-order valence-corrected chi connectivity index (χ1v) is 10.3. The Morgan fingerprint density at radius 3 is 2.63 bits per heavy atom. The first kappa shape index (κ1) is 20.0. The molecule has 0 bridgehead atoms. The minimum absolute atomic E-state index is 0.0462. The average Bonchev–Trinajstić information content (AvgIpc) is 2.59. The van der Waals surface area contributed by atoms with Crippen molar-refractivity contribution >= 4 is 21.4 Å². The standard InChI is InChI=1S/C21H28NO4S/c1-13-14(2)21-17(10-18(13)26-12-15(23)11-22(3,4)5)20(24)16-8-6-7-9-19(16)27(21)25/h6-10,15-16,23,27H,11-12H2,1-5H3/q+1. The number of allylic oxidation sites excluding steroid dienone is 4. The molecule has 0 radical (unpaired) electrons. The summed E-state index contributed by atoms with van der Waals surface area (Å²) in [4.78, 5) is 14.3. The van der Waals surface area contributed by atoms with Crippen LogP contribution in [0.1, 0.15) is 21.5 Å². The van der Waals surface area contributed by atoms with Gasteiger partial charge in [-0.25, -0.2) is 0 Å². The van der Waals surface area contributed by atoms with E-state index in [0.29, 0.717) is 32.1 Å². The normalized spacial score (nSPS) is 22.5. The predicted molar refractivity (Wildman–Crippen MR) is 109 cm³/mol. The van der Waals surface area contributed by atoms with Gasteiger partial charge in [0.2, 0.25) is 0 Å². The second-order valence-electron chi connectivity index (χ2n) is 8.26. The molecule has 3 rings (SSSR count). The van der Waals surface area contributed by atoms with Crippen LogP contribution >= 0.6 is 0 Å². The lowest BCUT2D eigenvalue weighted by atomic mass is 9.89. The third kappa shape index (κ3) is 3.94. The fourth-order valence-electron chi connectivity index (χ4n) is 3.59. The van der Waals surface area contributed by atoms with Crippen molar-refractivity contribution in [3.63, 3.8) is 0 Å². The topological polar surface area (TPSA) is 69.6 Å². The minimum Gasteiger partial charge on any atom is -0.646 e. The Kier molecular flexibility index (Phi) is 5.45. The lowest BCUT2D eigenvalue weighted by Crippen LogP contribution is -2.43. The Balaban J connectivity index is 1.95. The summed E-state index contributed by atoms with van der Waals surface area (Å²) < 4.78 is 19.6. The number of ether oxygens (including phenoxy) is 1. The predicted octanol–water partition coefficient (Wildman–Crippen LogP) is 1.70. The highest BCUT2D eigenvalue weighted by Crippen LogP contribution is 2.36. The zero-order chi connectivity index (χ0) is 19.9. The molecule has 0 aromatic heterocycles. The van der Waals surface area contributed by atoms with Gasteiger partial charge in [-0.05, 0) is 31.6 Å². The number of carbonyl (C=O) groups is 1. The molecule has 2 aliphatic rings. The van der Waals surface area contributed by atoms with Crippen molar-refractivity contribution < 1.29 is 23.7 Å². The van der Waals surface area contributed by atoms with Crippen molar-refractivity contribution in [3.05, 3.63) is 47.1 Å². The zero-order valence-corrected chi connectivity index (χ0v) is 17.4. The van der Waals surface area contributed by atoms with Crippen molar-refractivity contribution in [2.24, 2.45) is 5.92 Å². The van der Waals surface area contributed by atoms with E-state index in [4.69, 9.17) is 4.74 Å². The molecule has 0 amide bonds. The van der Waals surface area contributed by atoms with Gasteiger partial charge in [-0.15, -0.1) is 10.8 Å². The van der Waals surface area contributed by atoms with Crippen molar-refractivity contribution in [2.45, 2.75) is 24.8 Å². The summed E-state index contributed by atoms with van der Waals surface area (Å²) in [6.45, 7) is 4.50. The number of aliphatic hydroxyl groups excluding tert-OH is 1. The highest BCUT2D eigenvalue weighted by atomic mass is 32.2. The summed E-state index contributed by atoms with van der Waals surface area (Å²) in [6.07, 6.45) is 6.63. The molecule has 3 unspecified atom stereocenters. The number of quaternary nitrogens is 1. The van der Waals surface area contributed by atoms with Crippen LogP contribution < -0.4 is 4.74 Å². The molecule has 1 aromatic carbocycles. The molecule has 0 fully saturated rings. The quantitative estimate of drug-likeness (QED) is 0.360. The van der Waals surface area contributed by atoms with E-state index in [2.05, 4.69) is 0 Å². The second-order valence-corrected chi connectivity index (χ2v) is 9.82. The minimum atomic E-state index is -1.78. The Hall–Kier alpha value is -1.73. The van der Waals surface area contributed by atoms with Gasteiger partial charge in [0.25, 0.3) is 0 Å². The molecule has 6 heteroatoms. The maximum absolute atomic E-state index is 13.1. The van der Waals surface area contributed by atoms with Gasteiger partial charge in [0.1, 0.15) is 40.7 Å². The largest absolute Gasteiger partial charge is 0.646 e. The molecule has 3 atom stereocenters. The second kappa shape index (κ2) is 7.36. The number of Topliss-reactive ketones (excluding diaryl/α,β-unsaturated/α-hetero) is 1. The van der Waals surface area contributed by atoms with Crippen molar-refractivity contribution in [2.75, 3.05) is 34.3 Å². The van der Waals surface area contributed by atoms with Crippen molar-refractivity contribution in [3.8, 4) is 5.75 Å². The molecule has 0 saturated heterocycles. The zero-order valence-electron chi connectivity index (χ0n) is 16.5. The summed E-state index contributed by atoms with van der Waals surface area (Å²) in [6, 6.07) is 1.70. The van der Waals surface area contributed by atoms with Gasteiger partial charge < -0.3 is 18.9 Å². The molecule has 27 heavy (non-hydrogen) atoms. The van der Waals surface area contributed by atoms with Crippen LogP contribution in [-0.2, 0) is 10.8 Å². The molecule has 1 aliphatic heterocycles. The number of nitrogens with zero attached hydrogens (tertiary/aromatic N) is 1. The van der Waals surface area contributed by atoms with Gasteiger partial charge in [0, 0.05) is 5.56 Å². The van der Waals surface area contributed by atoms with E-state index in [1.54, 1.807) is 18.2 Å².